The third-order valence-corrected chi connectivity index (χ3v) is 7.75. The van der Waals surface area contributed by atoms with Crippen LogP contribution in [-0.2, 0) is 12.8 Å². The van der Waals surface area contributed by atoms with E-state index >= 15 is 0 Å². The Labute approximate surface area is 240 Å². The highest BCUT2D eigenvalue weighted by Crippen LogP contribution is 2.42. The molecule has 0 spiro atoms. The highest BCUT2D eigenvalue weighted by molar-refractivity contribution is 5.93. The van der Waals surface area contributed by atoms with Crippen molar-refractivity contribution in [2.45, 2.75) is 12.8 Å². The van der Waals surface area contributed by atoms with Crippen LogP contribution < -0.4 is 10.4 Å². The summed E-state index contributed by atoms with van der Waals surface area (Å²) in [6.45, 7) is 15.8. The van der Waals surface area contributed by atoms with E-state index in [9.17, 15) is 10.5 Å². The first-order valence-corrected chi connectivity index (χ1v) is 13.0. The van der Waals surface area contributed by atoms with Crippen LogP contribution in [0.25, 0.3) is 66.1 Å². The monoisotopic (exact) mass is 536 g/mol. The van der Waals surface area contributed by atoms with E-state index in [1.807, 2.05) is 36.4 Å². The molecule has 0 aliphatic heterocycles. The maximum Gasteiger partial charge on any atom is 0.269 e. The van der Waals surface area contributed by atoms with Gasteiger partial charge in [-0.3, -0.25) is 0 Å². The molecule has 0 atom stereocenters. The number of rotatable bonds is 2. The molecule has 0 saturated carbocycles. The fourth-order valence-electron chi connectivity index (χ4n) is 6.12. The van der Waals surface area contributed by atoms with Gasteiger partial charge in [0, 0.05) is 46.4 Å². The smallest absolute Gasteiger partial charge is 0.237 e. The van der Waals surface area contributed by atoms with Gasteiger partial charge in [-0.1, -0.05) is 24.3 Å². The SMILES string of the molecule is [C-]#[N+]/C(C#N)=c1/c2c(/c(=C(\C#N)[N+]#[C-])c3c1-c1ccc(-c4ncccn4)cc1C3)-c1ccc(-c3ncccn3)cc1C2. The minimum atomic E-state index is -0.0156. The Hall–Kier alpha value is -6.48. The second-order valence-corrected chi connectivity index (χ2v) is 9.84. The predicted molar refractivity (Wildman–Crippen MR) is 155 cm³/mol. The molecule has 8 heteroatoms. The molecule has 0 unspecified atom stereocenters. The van der Waals surface area contributed by atoms with Crippen molar-refractivity contribution < 1.29 is 0 Å². The minimum Gasteiger partial charge on any atom is -0.237 e. The van der Waals surface area contributed by atoms with Gasteiger partial charge in [0.05, 0.1) is 25.3 Å². The van der Waals surface area contributed by atoms with Gasteiger partial charge in [0.1, 0.15) is 0 Å². The van der Waals surface area contributed by atoms with E-state index in [0.29, 0.717) is 34.9 Å². The molecule has 0 fully saturated rings. The summed E-state index contributed by atoms with van der Waals surface area (Å²) in [7, 11) is 0. The molecule has 2 aliphatic carbocycles. The van der Waals surface area contributed by atoms with Gasteiger partial charge < -0.3 is 0 Å². The number of fused-ring (bicyclic) bond motifs is 6. The average molecular weight is 537 g/mol. The molecule has 2 aromatic heterocycles. The predicted octanol–water partition coefficient (Wildman–Crippen LogP) is 4.85. The molecule has 2 aliphatic rings. The summed E-state index contributed by atoms with van der Waals surface area (Å²) in [5.41, 5.74) is 8.33. The molecule has 0 N–H and O–H groups in total. The fourth-order valence-corrected chi connectivity index (χ4v) is 6.12. The van der Waals surface area contributed by atoms with Gasteiger partial charge in [0.25, 0.3) is 11.4 Å². The lowest BCUT2D eigenvalue weighted by Crippen LogP contribution is -2.25. The van der Waals surface area contributed by atoms with Crippen molar-refractivity contribution in [3.63, 3.8) is 0 Å². The molecule has 192 valence electrons. The third kappa shape index (κ3) is 3.58. The Morgan fingerprint density at radius 2 is 1.05 bits per heavy atom. The van der Waals surface area contributed by atoms with E-state index in [1.54, 1.807) is 36.9 Å². The van der Waals surface area contributed by atoms with Gasteiger partial charge in [-0.15, -0.1) is 0 Å². The van der Waals surface area contributed by atoms with E-state index in [2.05, 4.69) is 41.8 Å². The third-order valence-electron chi connectivity index (χ3n) is 7.75. The molecule has 42 heavy (non-hydrogen) atoms. The first-order valence-electron chi connectivity index (χ1n) is 13.0. The minimum absolute atomic E-state index is 0.0156. The zero-order valence-corrected chi connectivity index (χ0v) is 21.9. The number of aromatic nitrogens is 4. The zero-order chi connectivity index (χ0) is 28.8. The molecule has 8 nitrogen and oxygen atoms in total. The van der Waals surface area contributed by atoms with Crippen LogP contribution in [0.5, 0.6) is 0 Å². The van der Waals surface area contributed by atoms with Gasteiger partial charge >= 0.3 is 0 Å². The van der Waals surface area contributed by atoms with Gasteiger partial charge in [0.2, 0.25) is 0 Å². The number of nitriles is 2. The Balaban J connectivity index is 1.57. The van der Waals surface area contributed by atoms with Gasteiger partial charge in [-0.05, 0) is 81.6 Å². The first kappa shape index (κ1) is 24.6. The molecule has 0 amide bonds. The summed E-state index contributed by atoms with van der Waals surface area (Å²) in [4.78, 5) is 24.8. The lowest BCUT2D eigenvalue weighted by atomic mass is 9.90. The van der Waals surface area contributed by atoms with Crippen LogP contribution in [0.2, 0.25) is 0 Å². The summed E-state index contributed by atoms with van der Waals surface area (Å²) in [6, 6.07) is 19.6. The molecular formula is C34H16N8. The van der Waals surface area contributed by atoms with Gasteiger partial charge in [-0.2, -0.15) is 0 Å². The normalized spacial score (nSPS) is 13.2. The van der Waals surface area contributed by atoms with E-state index in [0.717, 1.165) is 55.6 Å². The van der Waals surface area contributed by atoms with Crippen LogP contribution in [-0.4, -0.2) is 19.9 Å². The summed E-state index contributed by atoms with van der Waals surface area (Å²) >= 11 is 0. The van der Waals surface area contributed by atoms with Crippen molar-refractivity contribution >= 4 is 11.4 Å². The summed E-state index contributed by atoms with van der Waals surface area (Å²) in [5, 5.41) is 21.4. The molecule has 0 saturated heterocycles. The van der Waals surface area contributed by atoms with E-state index in [1.165, 1.54) is 0 Å². The molecule has 0 radical (unpaired) electrons. The largest absolute Gasteiger partial charge is 0.269 e. The number of benzene rings is 3. The molecule has 7 rings (SSSR count). The van der Waals surface area contributed by atoms with Gasteiger partial charge in [-0.25, -0.2) is 40.1 Å². The maximum atomic E-state index is 10.1. The Bertz CT molecular complexity index is 2080. The molecule has 2 heterocycles. The summed E-state index contributed by atoms with van der Waals surface area (Å²) in [6.07, 6.45) is 7.61. The van der Waals surface area contributed by atoms with Crippen molar-refractivity contribution in [3.05, 3.63) is 129 Å². The van der Waals surface area contributed by atoms with Crippen molar-refractivity contribution in [1.82, 2.24) is 19.9 Å². The fraction of sp³-hybridized carbons (Fsp3) is 0.0588. The number of hydrogen-bond donors (Lipinski definition) is 0. The Morgan fingerprint density at radius 1 is 0.643 bits per heavy atom. The topological polar surface area (TPSA) is 108 Å². The first-order chi connectivity index (χ1) is 20.7. The average Bonchev–Trinajstić information content (AvgIpc) is 3.61. The second kappa shape index (κ2) is 9.61. The molecular weight excluding hydrogens is 520 g/mol. The molecule has 5 aromatic rings. The number of nitrogens with zero attached hydrogens (tertiary/aromatic N) is 8. The van der Waals surface area contributed by atoms with E-state index in [4.69, 9.17) is 13.1 Å². The van der Waals surface area contributed by atoms with Crippen molar-refractivity contribution in [2.24, 2.45) is 0 Å². The summed E-state index contributed by atoms with van der Waals surface area (Å²) in [5.74, 6) is 1.17. The van der Waals surface area contributed by atoms with Crippen LogP contribution in [0.1, 0.15) is 22.3 Å². The van der Waals surface area contributed by atoms with Gasteiger partial charge in [0.15, 0.2) is 11.6 Å². The van der Waals surface area contributed by atoms with E-state index < -0.39 is 0 Å². The highest BCUT2D eigenvalue weighted by Gasteiger charge is 2.32. The standard InChI is InChI=1S/C34H16N8/c1-37-27(17-35)31-25-15-21-13-20(34-41-11-4-12-42-34)6-8-24(21)30(25)32(28(18-36)38-2)26-16-22-14-19(5-7-23(22)29(26)31)33-39-9-3-10-40-33/h3-14H,15-16H2/b31-27-,32-28+. The van der Waals surface area contributed by atoms with E-state index in [-0.39, 0.29) is 11.4 Å². The quantitative estimate of drug-likeness (QED) is 0.293. The Kier molecular flexibility index (Phi) is 5.62. The van der Waals surface area contributed by atoms with Crippen LogP contribution in [0, 0.1) is 35.8 Å². The van der Waals surface area contributed by atoms with Crippen LogP contribution in [0.3, 0.4) is 0 Å². The lowest BCUT2D eigenvalue weighted by molar-refractivity contribution is 1.16. The summed E-state index contributed by atoms with van der Waals surface area (Å²) < 4.78 is 0. The molecule has 3 aromatic carbocycles. The van der Waals surface area contributed by atoms with Crippen molar-refractivity contribution in [1.29, 1.82) is 10.5 Å². The number of hydrogen-bond acceptors (Lipinski definition) is 6. The van der Waals surface area contributed by atoms with Crippen molar-refractivity contribution in [3.8, 4) is 57.2 Å². The second-order valence-electron chi connectivity index (χ2n) is 9.84. The van der Waals surface area contributed by atoms with Crippen LogP contribution in [0.4, 0.5) is 0 Å². The zero-order valence-electron chi connectivity index (χ0n) is 21.9. The van der Waals surface area contributed by atoms with Crippen LogP contribution in [0.15, 0.2) is 73.3 Å². The molecule has 0 bridgehead atoms. The maximum absolute atomic E-state index is 10.1. The van der Waals surface area contributed by atoms with Crippen LogP contribution >= 0.6 is 0 Å². The highest BCUT2D eigenvalue weighted by atomic mass is 14.9. The van der Waals surface area contributed by atoms with Crippen molar-refractivity contribution in [2.75, 3.05) is 0 Å². The lowest BCUT2D eigenvalue weighted by Gasteiger charge is -2.13. The Morgan fingerprint density at radius 3 is 1.40 bits per heavy atom.